The number of amides is 2. The highest BCUT2D eigenvalue weighted by molar-refractivity contribution is 6.34. The van der Waals surface area contributed by atoms with Crippen LogP contribution in [0.15, 0.2) is 42.5 Å². The zero-order chi connectivity index (χ0) is 24.1. The molecule has 0 saturated carbocycles. The van der Waals surface area contributed by atoms with E-state index in [2.05, 4.69) is 15.1 Å². The number of carbonyl (C=O) groups excluding carboxylic acids is 2. The minimum Gasteiger partial charge on any atom is -0.478 e. The van der Waals surface area contributed by atoms with E-state index in [4.69, 9.17) is 16.3 Å². The predicted molar refractivity (Wildman–Crippen MR) is 129 cm³/mol. The van der Waals surface area contributed by atoms with Gasteiger partial charge in [-0.15, -0.1) is 0 Å². The number of piperazine rings is 1. The van der Waals surface area contributed by atoms with Gasteiger partial charge in [0.25, 0.3) is 5.91 Å². The summed E-state index contributed by atoms with van der Waals surface area (Å²) in [7, 11) is 0. The number of nitrogens with one attached hydrogen (secondary N) is 1. The van der Waals surface area contributed by atoms with Gasteiger partial charge in [-0.2, -0.15) is 0 Å². The summed E-state index contributed by atoms with van der Waals surface area (Å²) in [6.07, 6.45) is 0. The molecule has 2 heterocycles. The monoisotopic (exact) mass is 486 g/mol. The SMILES string of the molecule is O=C(Nc1ccc(N2CCN(CC(=O)N3CCOCC3)CC2)cc1C(=O)O)c1ccccc1Cl. The van der Waals surface area contributed by atoms with Crippen LogP contribution < -0.4 is 10.2 Å². The van der Waals surface area contributed by atoms with E-state index < -0.39 is 11.9 Å². The lowest BCUT2D eigenvalue weighted by Gasteiger charge is -2.37. The number of hydrogen-bond donors (Lipinski definition) is 2. The molecule has 2 saturated heterocycles. The Kier molecular flexibility index (Phi) is 7.66. The van der Waals surface area contributed by atoms with Gasteiger partial charge in [-0.05, 0) is 30.3 Å². The maximum atomic E-state index is 12.6. The number of nitrogens with zero attached hydrogens (tertiary/aromatic N) is 3. The van der Waals surface area contributed by atoms with Crippen molar-refractivity contribution in [3.63, 3.8) is 0 Å². The van der Waals surface area contributed by atoms with Crippen LogP contribution in [0.2, 0.25) is 5.02 Å². The van der Waals surface area contributed by atoms with Crippen LogP contribution in [0, 0.1) is 0 Å². The topological polar surface area (TPSA) is 102 Å². The molecule has 0 aliphatic carbocycles. The molecule has 2 N–H and O–H groups in total. The lowest BCUT2D eigenvalue weighted by atomic mass is 10.1. The summed E-state index contributed by atoms with van der Waals surface area (Å²) in [6, 6.07) is 11.6. The minimum absolute atomic E-state index is 0.00262. The molecule has 0 radical (unpaired) electrons. The van der Waals surface area contributed by atoms with E-state index in [0.717, 1.165) is 5.69 Å². The van der Waals surface area contributed by atoms with E-state index in [1.54, 1.807) is 42.5 Å². The highest BCUT2D eigenvalue weighted by Crippen LogP contribution is 2.26. The molecule has 2 aromatic carbocycles. The van der Waals surface area contributed by atoms with Crippen LogP contribution in [0.1, 0.15) is 20.7 Å². The van der Waals surface area contributed by atoms with Crippen LogP contribution in [0.25, 0.3) is 0 Å². The highest BCUT2D eigenvalue weighted by Gasteiger charge is 2.24. The number of carbonyl (C=O) groups is 3. The fourth-order valence-electron chi connectivity index (χ4n) is 4.12. The summed E-state index contributed by atoms with van der Waals surface area (Å²) in [4.78, 5) is 43.0. The first kappa shape index (κ1) is 24.0. The number of hydrogen-bond acceptors (Lipinski definition) is 6. The van der Waals surface area contributed by atoms with Crippen molar-refractivity contribution in [3.05, 3.63) is 58.6 Å². The van der Waals surface area contributed by atoms with E-state index in [-0.39, 0.29) is 22.7 Å². The molecular formula is C24H27ClN4O5. The summed E-state index contributed by atoms with van der Waals surface area (Å²) in [6.45, 7) is 5.54. The van der Waals surface area contributed by atoms with Gasteiger partial charge in [-0.25, -0.2) is 4.79 Å². The Bertz CT molecular complexity index is 1070. The first-order chi connectivity index (χ1) is 16.4. The maximum Gasteiger partial charge on any atom is 0.337 e. The molecule has 0 aromatic heterocycles. The standard InChI is InChI=1S/C24H27ClN4O5/c25-20-4-2-1-3-18(20)23(31)26-21-6-5-17(15-19(21)24(32)33)28-9-7-27(8-10-28)16-22(30)29-11-13-34-14-12-29/h1-6,15H,7-14,16H2,(H,26,31)(H,32,33). The molecule has 9 nitrogen and oxygen atoms in total. The Labute approximate surface area is 202 Å². The van der Waals surface area contributed by atoms with E-state index in [0.29, 0.717) is 64.0 Å². The van der Waals surface area contributed by atoms with Gasteiger partial charge in [0, 0.05) is 45.0 Å². The highest BCUT2D eigenvalue weighted by atomic mass is 35.5. The zero-order valence-electron chi connectivity index (χ0n) is 18.7. The number of benzene rings is 2. The van der Waals surface area contributed by atoms with Gasteiger partial charge < -0.3 is 25.0 Å². The second-order valence-electron chi connectivity index (χ2n) is 8.23. The van der Waals surface area contributed by atoms with E-state index in [1.807, 2.05) is 4.90 Å². The van der Waals surface area contributed by atoms with Gasteiger partial charge in [-0.3, -0.25) is 14.5 Å². The number of carboxylic acid groups (broad SMARTS) is 1. The molecule has 2 fully saturated rings. The van der Waals surface area contributed by atoms with Gasteiger partial charge in [0.2, 0.25) is 5.91 Å². The quantitative estimate of drug-likeness (QED) is 0.645. The fraction of sp³-hybridized carbons (Fsp3) is 0.375. The van der Waals surface area contributed by atoms with Crippen molar-refractivity contribution in [2.24, 2.45) is 0 Å². The van der Waals surface area contributed by atoms with Gasteiger partial charge in [0.05, 0.1) is 41.6 Å². The molecule has 0 bridgehead atoms. The lowest BCUT2D eigenvalue weighted by Crippen LogP contribution is -2.51. The maximum absolute atomic E-state index is 12.6. The summed E-state index contributed by atoms with van der Waals surface area (Å²) < 4.78 is 5.30. The number of ether oxygens (including phenoxy) is 1. The Morgan fingerprint density at radius 2 is 1.65 bits per heavy atom. The molecule has 10 heteroatoms. The van der Waals surface area contributed by atoms with Crippen LogP contribution in [0.3, 0.4) is 0 Å². The summed E-state index contributed by atoms with van der Waals surface area (Å²) in [5, 5.41) is 12.7. The van der Waals surface area contributed by atoms with Crippen LogP contribution in [-0.4, -0.2) is 91.7 Å². The second-order valence-corrected chi connectivity index (χ2v) is 8.63. The number of aromatic carboxylic acids is 1. The van der Waals surface area contributed by atoms with Crippen molar-refractivity contribution in [1.82, 2.24) is 9.80 Å². The lowest BCUT2D eigenvalue weighted by molar-refractivity contribution is -0.136. The van der Waals surface area contributed by atoms with Gasteiger partial charge in [0.1, 0.15) is 0 Å². The summed E-state index contributed by atoms with van der Waals surface area (Å²) >= 11 is 6.08. The van der Waals surface area contributed by atoms with Crippen molar-refractivity contribution in [2.75, 3.05) is 69.2 Å². The van der Waals surface area contributed by atoms with Crippen LogP contribution in [0.4, 0.5) is 11.4 Å². The van der Waals surface area contributed by atoms with Crippen molar-refractivity contribution < 1.29 is 24.2 Å². The number of anilines is 2. The summed E-state index contributed by atoms with van der Waals surface area (Å²) in [5.41, 5.74) is 1.23. The molecule has 0 atom stereocenters. The molecule has 180 valence electrons. The Balaban J connectivity index is 1.39. The van der Waals surface area contributed by atoms with Crippen LogP contribution in [-0.2, 0) is 9.53 Å². The Morgan fingerprint density at radius 1 is 0.941 bits per heavy atom. The number of morpholine rings is 1. The molecule has 2 amide bonds. The molecular weight excluding hydrogens is 460 g/mol. The van der Waals surface area contributed by atoms with E-state index in [9.17, 15) is 19.5 Å². The number of carboxylic acids is 1. The van der Waals surface area contributed by atoms with Crippen molar-refractivity contribution >= 4 is 40.8 Å². The van der Waals surface area contributed by atoms with Gasteiger partial charge >= 0.3 is 5.97 Å². The Morgan fingerprint density at radius 3 is 2.32 bits per heavy atom. The number of halogens is 1. The van der Waals surface area contributed by atoms with E-state index >= 15 is 0 Å². The average molecular weight is 487 g/mol. The first-order valence-corrected chi connectivity index (χ1v) is 11.6. The van der Waals surface area contributed by atoms with Crippen LogP contribution in [0.5, 0.6) is 0 Å². The predicted octanol–water partition coefficient (Wildman–Crippen LogP) is 2.27. The van der Waals surface area contributed by atoms with Crippen molar-refractivity contribution in [2.45, 2.75) is 0 Å². The zero-order valence-corrected chi connectivity index (χ0v) is 19.5. The van der Waals surface area contributed by atoms with Gasteiger partial charge in [-0.1, -0.05) is 23.7 Å². The fourth-order valence-corrected chi connectivity index (χ4v) is 4.34. The normalized spacial score (nSPS) is 16.9. The molecule has 34 heavy (non-hydrogen) atoms. The van der Waals surface area contributed by atoms with Crippen LogP contribution >= 0.6 is 11.6 Å². The van der Waals surface area contributed by atoms with E-state index in [1.165, 1.54) is 0 Å². The van der Waals surface area contributed by atoms with Gasteiger partial charge in [0.15, 0.2) is 0 Å². The molecule has 0 spiro atoms. The van der Waals surface area contributed by atoms with Crippen molar-refractivity contribution in [1.29, 1.82) is 0 Å². The summed E-state index contributed by atoms with van der Waals surface area (Å²) in [5.74, 6) is -1.49. The number of rotatable bonds is 6. The Hall–Kier alpha value is -3.14. The second kappa shape index (κ2) is 10.9. The van der Waals surface area contributed by atoms with Crippen molar-refractivity contribution in [3.8, 4) is 0 Å². The first-order valence-electron chi connectivity index (χ1n) is 11.2. The third-order valence-electron chi connectivity index (χ3n) is 6.06. The smallest absolute Gasteiger partial charge is 0.337 e. The molecule has 2 aliphatic rings. The minimum atomic E-state index is -1.13. The molecule has 2 aliphatic heterocycles. The third kappa shape index (κ3) is 5.67. The third-order valence-corrected chi connectivity index (χ3v) is 6.39. The largest absolute Gasteiger partial charge is 0.478 e. The molecule has 2 aromatic rings. The molecule has 0 unspecified atom stereocenters. The average Bonchev–Trinajstić information content (AvgIpc) is 2.85. The molecule has 4 rings (SSSR count).